The summed E-state index contributed by atoms with van der Waals surface area (Å²) in [4.78, 5) is 19.1. The summed E-state index contributed by atoms with van der Waals surface area (Å²) in [6.45, 7) is 1.35. The third-order valence-electron chi connectivity index (χ3n) is 3.47. The summed E-state index contributed by atoms with van der Waals surface area (Å²) in [6, 6.07) is 11.8. The second kappa shape index (κ2) is 11.7. The Bertz CT molecular complexity index is 705. The van der Waals surface area contributed by atoms with Crippen molar-refractivity contribution < 1.29 is 9.53 Å². The maximum absolute atomic E-state index is 11.8. The lowest BCUT2D eigenvalue weighted by Crippen LogP contribution is -2.42. The zero-order valence-corrected chi connectivity index (χ0v) is 18.3. The van der Waals surface area contributed by atoms with Crippen LogP contribution >= 0.6 is 35.3 Å². The molecule has 1 heterocycles. The van der Waals surface area contributed by atoms with Crippen LogP contribution in [0.1, 0.15) is 10.4 Å². The quantitative estimate of drug-likeness (QED) is 0.358. The van der Waals surface area contributed by atoms with Gasteiger partial charge in [-0.1, -0.05) is 18.2 Å². The fourth-order valence-corrected chi connectivity index (χ4v) is 2.66. The lowest BCUT2D eigenvalue weighted by Gasteiger charge is -2.14. The smallest absolute Gasteiger partial charge is 0.241 e. The van der Waals surface area contributed by atoms with E-state index in [1.165, 1.54) is 4.88 Å². The van der Waals surface area contributed by atoms with Crippen molar-refractivity contribution in [3.63, 3.8) is 0 Å². The third-order valence-corrected chi connectivity index (χ3v) is 4.35. The molecule has 1 aromatic carbocycles. The molecule has 2 rings (SSSR count). The minimum atomic E-state index is -0.00740. The first-order valence-corrected chi connectivity index (χ1v) is 8.84. The molecule has 0 aliphatic rings. The molecular weight excluding hydrogens is 463 g/mol. The lowest BCUT2D eigenvalue weighted by molar-refractivity contribution is -0.127. The van der Waals surface area contributed by atoms with Crippen LogP contribution in [-0.4, -0.2) is 44.5 Å². The van der Waals surface area contributed by atoms with Crippen LogP contribution in [0.25, 0.3) is 0 Å². The van der Waals surface area contributed by atoms with Gasteiger partial charge >= 0.3 is 0 Å². The number of hydrogen-bond donors (Lipinski definition) is 2. The van der Waals surface area contributed by atoms with Gasteiger partial charge in [0.15, 0.2) is 5.96 Å². The summed E-state index contributed by atoms with van der Waals surface area (Å²) in [7, 11) is 5.11. The average molecular weight is 488 g/mol. The number of aliphatic imine (C=N–C) groups is 1. The van der Waals surface area contributed by atoms with Crippen molar-refractivity contribution >= 4 is 47.2 Å². The second-order valence-corrected chi connectivity index (χ2v) is 6.62. The highest BCUT2D eigenvalue weighted by atomic mass is 127. The molecule has 0 aliphatic heterocycles. The SMILES string of the molecule is COc1cccc(CN=C(NCC(=O)N(C)C)NCc2cccs2)c1.I. The molecule has 1 amide bonds. The fourth-order valence-electron chi connectivity index (χ4n) is 2.02. The van der Waals surface area contributed by atoms with E-state index in [2.05, 4.69) is 21.7 Å². The number of halogens is 1. The van der Waals surface area contributed by atoms with Crippen LogP contribution in [0, 0.1) is 0 Å². The second-order valence-electron chi connectivity index (χ2n) is 5.59. The monoisotopic (exact) mass is 488 g/mol. The van der Waals surface area contributed by atoms with Gasteiger partial charge in [-0.15, -0.1) is 35.3 Å². The highest BCUT2D eigenvalue weighted by Crippen LogP contribution is 2.13. The van der Waals surface area contributed by atoms with Gasteiger partial charge in [-0.05, 0) is 29.1 Å². The largest absolute Gasteiger partial charge is 0.497 e. The van der Waals surface area contributed by atoms with Crippen molar-refractivity contribution in [3.05, 3.63) is 52.2 Å². The van der Waals surface area contributed by atoms with E-state index in [-0.39, 0.29) is 36.4 Å². The normalized spacial score (nSPS) is 10.7. The molecule has 142 valence electrons. The lowest BCUT2D eigenvalue weighted by atomic mass is 10.2. The van der Waals surface area contributed by atoms with Crippen molar-refractivity contribution in [3.8, 4) is 5.75 Å². The number of amides is 1. The molecule has 0 saturated carbocycles. The summed E-state index contributed by atoms with van der Waals surface area (Å²) in [5, 5.41) is 8.38. The zero-order valence-electron chi connectivity index (χ0n) is 15.2. The van der Waals surface area contributed by atoms with E-state index in [0.717, 1.165) is 11.3 Å². The molecule has 0 unspecified atom stereocenters. The van der Waals surface area contributed by atoms with Gasteiger partial charge in [0.2, 0.25) is 5.91 Å². The van der Waals surface area contributed by atoms with Gasteiger partial charge in [0.1, 0.15) is 5.75 Å². The molecule has 2 aromatic rings. The van der Waals surface area contributed by atoms with Crippen LogP contribution in [0.15, 0.2) is 46.8 Å². The Hall–Kier alpha value is -1.81. The number of nitrogens with one attached hydrogen (secondary N) is 2. The summed E-state index contributed by atoms with van der Waals surface area (Å²) in [5.74, 6) is 1.40. The number of hydrogen-bond acceptors (Lipinski definition) is 4. The fraction of sp³-hybridized carbons (Fsp3) is 0.333. The Labute approximate surface area is 175 Å². The van der Waals surface area contributed by atoms with Crippen molar-refractivity contribution in [2.45, 2.75) is 13.1 Å². The number of guanidine groups is 1. The van der Waals surface area contributed by atoms with E-state index in [0.29, 0.717) is 19.0 Å². The number of methoxy groups -OCH3 is 1. The van der Waals surface area contributed by atoms with Crippen LogP contribution in [0.3, 0.4) is 0 Å². The van der Waals surface area contributed by atoms with E-state index >= 15 is 0 Å². The van der Waals surface area contributed by atoms with E-state index in [4.69, 9.17) is 4.74 Å². The molecule has 0 spiro atoms. The molecule has 0 fully saturated rings. The third kappa shape index (κ3) is 7.61. The van der Waals surface area contributed by atoms with Crippen LogP contribution in [0.2, 0.25) is 0 Å². The molecule has 2 N–H and O–H groups in total. The summed E-state index contributed by atoms with van der Waals surface area (Å²) >= 11 is 1.68. The van der Waals surface area contributed by atoms with Gasteiger partial charge in [0, 0.05) is 19.0 Å². The zero-order chi connectivity index (χ0) is 18.1. The molecule has 0 aliphatic carbocycles. The maximum atomic E-state index is 11.8. The molecule has 26 heavy (non-hydrogen) atoms. The number of benzene rings is 1. The van der Waals surface area contributed by atoms with Gasteiger partial charge in [-0.3, -0.25) is 4.79 Å². The number of likely N-dealkylation sites (N-methyl/N-ethyl adjacent to an activating group) is 1. The van der Waals surface area contributed by atoms with Crippen molar-refractivity contribution in [1.29, 1.82) is 0 Å². The predicted molar refractivity (Wildman–Crippen MR) is 117 cm³/mol. The number of rotatable bonds is 7. The molecule has 0 bridgehead atoms. The molecule has 0 atom stereocenters. The molecule has 0 saturated heterocycles. The van der Waals surface area contributed by atoms with Gasteiger partial charge in [-0.25, -0.2) is 4.99 Å². The minimum Gasteiger partial charge on any atom is -0.497 e. The van der Waals surface area contributed by atoms with Crippen molar-refractivity contribution in [1.82, 2.24) is 15.5 Å². The minimum absolute atomic E-state index is 0. The average Bonchev–Trinajstić information content (AvgIpc) is 3.14. The van der Waals surface area contributed by atoms with Crippen molar-refractivity contribution in [2.24, 2.45) is 4.99 Å². The number of nitrogens with zero attached hydrogens (tertiary/aromatic N) is 2. The van der Waals surface area contributed by atoms with Crippen LogP contribution in [0.5, 0.6) is 5.75 Å². The Morgan fingerprint density at radius 1 is 1.23 bits per heavy atom. The molecular formula is C18H25IN4O2S. The number of carbonyl (C=O) groups is 1. The van der Waals surface area contributed by atoms with Gasteiger partial charge in [0.05, 0.1) is 26.7 Å². The Balaban J connectivity index is 0.00000338. The molecule has 0 radical (unpaired) electrons. The highest BCUT2D eigenvalue weighted by Gasteiger charge is 2.06. The van der Waals surface area contributed by atoms with E-state index in [9.17, 15) is 4.79 Å². The van der Waals surface area contributed by atoms with E-state index in [1.54, 1.807) is 37.4 Å². The molecule has 1 aromatic heterocycles. The van der Waals surface area contributed by atoms with E-state index in [1.807, 2.05) is 35.7 Å². The molecule has 8 heteroatoms. The number of thiophene rings is 1. The topological polar surface area (TPSA) is 66.0 Å². The van der Waals surface area contributed by atoms with Crippen LogP contribution in [-0.2, 0) is 17.9 Å². The number of ether oxygens (including phenoxy) is 1. The number of carbonyl (C=O) groups excluding carboxylic acids is 1. The van der Waals surface area contributed by atoms with Crippen molar-refractivity contribution in [2.75, 3.05) is 27.7 Å². The summed E-state index contributed by atoms with van der Waals surface area (Å²) < 4.78 is 5.23. The molecule has 6 nitrogen and oxygen atoms in total. The predicted octanol–water partition coefficient (Wildman–Crippen LogP) is 2.70. The van der Waals surface area contributed by atoms with Crippen LogP contribution in [0.4, 0.5) is 0 Å². The Kier molecular flexibility index (Phi) is 10.0. The van der Waals surface area contributed by atoms with Crippen LogP contribution < -0.4 is 15.4 Å². The standard InChI is InChI=1S/C18H24N4O2S.HI/c1-22(2)17(23)13-21-18(20-12-16-8-5-9-25-16)19-11-14-6-4-7-15(10-14)24-3;/h4-10H,11-13H2,1-3H3,(H2,19,20,21);1H. The van der Waals surface area contributed by atoms with Gasteiger partial charge < -0.3 is 20.3 Å². The first-order chi connectivity index (χ1) is 12.1. The van der Waals surface area contributed by atoms with Gasteiger partial charge in [0.25, 0.3) is 0 Å². The van der Waals surface area contributed by atoms with E-state index < -0.39 is 0 Å². The maximum Gasteiger partial charge on any atom is 0.241 e. The summed E-state index contributed by atoms with van der Waals surface area (Å²) in [5.41, 5.74) is 1.04. The highest BCUT2D eigenvalue weighted by molar-refractivity contribution is 14.0. The summed E-state index contributed by atoms with van der Waals surface area (Å²) in [6.07, 6.45) is 0. The Morgan fingerprint density at radius 2 is 2.04 bits per heavy atom. The van der Waals surface area contributed by atoms with Gasteiger partial charge in [-0.2, -0.15) is 0 Å². The first-order valence-electron chi connectivity index (χ1n) is 7.96. The first kappa shape index (κ1) is 22.2. The Morgan fingerprint density at radius 3 is 2.69 bits per heavy atom.